The highest BCUT2D eigenvalue weighted by Gasteiger charge is 2.58. The standard InChI is InChI=1S/C37H47IO12/c1-18-14-22(25(39)31-26(18)45-35(2,3)48-31)43-30-24(16-21(38)28-33(30)50-37(6,7)47-28)44-29-23(42-17-19-12-10-9-11-13-19)15-20(34(40)41-8)27-32(29)49-36(4,5)46-27/h9-16,22-33,39H,17H2,1-8H3/t22-,23-,24-,25+,26+,27+,28+,29+,30+,31-,32+,33+/m0/s1. The van der Waals surface area contributed by atoms with Crippen molar-refractivity contribution in [3.8, 4) is 0 Å². The molecule has 1 N–H and O–H groups in total. The second kappa shape index (κ2) is 13.6. The zero-order chi connectivity index (χ0) is 35.7. The first-order valence-electron chi connectivity index (χ1n) is 17.1. The smallest absolute Gasteiger partial charge is 0.336 e. The molecule has 3 aliphatic heterocycles. The normalized spacial score (nSPS) is 41.0. The summed E-state index contributed by atoms with van der Waals surface area (Å²) >= 11 is 2.26. The molecule has 0 bridgehead atoms. The molecule has 12 nitrogen and oxygen atoms in total. The Morgan fingerprint density at radius 3 is 1.96 bits per heavy atom. The molecule has 3 heterocycles. The van der Waals surface area contributed by atoms with Crippen LogP contribution in [0.15, 0.2) is 63.3 Å². The molecule has 3 fully saturated rings. The van der Waals surface area contributed by atoms with E-state index in [9.17, 15) is 9.90 Å². The molecule has 13 heteroatoms. The summed E-state index contributed by atoms with van der Waals surface area (Å²) in [5, 5.41) is 11.6. The summed E-state index contributed by atoms with van der Waals surface area (Å²) in [6.07, 6.45) is -2.68. The predicted molar refractivity (Wildman–Crippen MR) is 186 cm³/mol. The largest absolute Gasteiger partial charge is 0.466 e. The summed E-state index contributed by atoms with van der Waals surface area (Å²) in [5.41, 5.74) is 2.16. The van der Waals surface area contributed by atoms with Crippen molar-refractivity contribution in [1.29, 1.82) is 0 Å². The van der Waals surface area contributed by atoms with Gasteiger partial charge in [-0.1, -0.05) is 36.4 Å². The quantitative estimate of drug-likeness (QED) is 0.227. The van der Waals surface area contributed by atoms with Crippen molar-refractivity contribution in [3.63, 3.8) is 0 Å². The molecule has 7 rings (SSSR count). The lowest BCUT2D eigenvalue weighted by Gasteiger charge is -2.43. The van der Waals surface area contributed by atoms with E-state index >= 15 is 0 Å². The molecule has 1 aromatic carbocycles. The summed E-state index contributed by atoms with van der Waals surface area (Å²) < 4.78 is 64.3. The van der Waals surface area contributed by atoms with Crippen LogP contribution in [0.2, 0.25) is 0 Å². The summed E-state index contributed by atoms with van der Waals surface area (Å²) in [5.74, 6) is -3.30. The van der Waals surface area contributed by atoms with E-state index < -0.39 is 96.6 Å². The number of aliphatic hydroxyl groups is 1. The number of rotatable bonds is 8. The van der Waals surface area contributed by atoms with E-state index in [2.05, 4.69) is 22.6 Å². The van der Waals surface area contributed by atoms with Crippen LogP contribution in [0.1, 0.15) is 54.0 Å². The van der Waals surface area contributed by atoms with E-state index in [0.717, 1.165) is 14.7 Å². The number of carbonyl (C=O) groups is 1. The lowest BCUT2D eigenvalue weighted by atomic mass is 9.88. The van der Waals surface area contributed by atoms with Crippen LogP contribution < -0.4 is 0 Å². The number of methoxy groups -OCH3 is 1. The second-order valence-electron chi connectivity index (χ2n) is 15.0. The molecule has 0 radical (unpaired) electrons. The molecule has 0 saturated carbocycles. The van der Waals surface area contributed by atoms with E-state index in [4.69, 9.17) is 47.4 Å². The fraction of sp³-hybridized carbons (Fsp3) is 0.649. The van der Waals surface area contributed by atoms with Gasteiger partial charge in [0.05, 0.1) is 19.3 Å². The second-order valence-corrected chi connectivity index (χ2v) is 16.3. The van der Waals surface area contributed by atoms with Crippen molar-refractivity contribution in [2.75, 3.05) is 7.11 Å². The van der Waals surface area contributed by atoms with Gasteiger partial charge in [0, 0.05) is 3.58 Å². The van der Waals surface area contributed by atoms with E-state index in [-0.39, 0.29) is 6.61 Å². The highest BCUT2D eigenvalue weighted by Crippen LogP contribution is 2.46. The molecule has 12 atom stereocenters. The van der Waals surface area contributed by atoms with Crippen LogP contribution in [0.3, 0.4) is 0 Å². The van der Waals surface area contributed by atoms with E-state index in [1.165, 1.54) is 7.11 Å². The number of esters is 1. The molecule has 0 amide bonds. The fourth-order valence-corrected chi connectivity index (χ4v) is 8.59. The Bertz CT molecular complexity index is 1540. The number of hydrogen-bond acceptors (Lipinski definition) is 12. The maximum absolute atomic E-state index is 13.1. The highest BCUT2D eigenvalue weighted by molar-refractivity contribution is 14.1. The van der Waals surface area contributed by atoms with Crippen LogP contribution >= 0.6 is 22.6 Å². The number of halogens is 1. The van der Waals surface area contributed by atoms with Crippen molar-refractivity contribution in [1.82, 2.24) is 0 Å². The van der Waals surface area contributed by atoms with Crippen molar-refractivity contribution >= 4 is 28.6 Å². The van der Waals surface area contributed by atoms with Gasteiger partial charge >= 0.3 is 5.97 Å². The van der Waals surface area contributed by atoms with Crippen LogP contribution in [0.25, 0.3) is 0 Å². The Hall–Kier alpha value is -1.76. The lowest BCUT2D eigenvalue weighted by molar-refractivity contribution is -0.220. The van der Waals surface area contributed by atoms with Gasteiger partial charge < -0.3 is 52.5 Å². The molecule has 3 saturated heterocycles. The highest BCUT2D eigenvalue weighted by atomic mass is 127. The average molecular weight is 811 g/mol. The minimum Gasteiger partial charge on any atom is -0.466 e. The fourth-order valence-electron chi connectivity index (χ4n) is 7.75. The number of aliphatic hydroxyl groups excluding tert-OH is 1. The summed E-state index contributed by atoms with van der Waals surface area (Å²) in [6.45, 7) is 13.2. The van der Waals surface area contributed by atoms with Crippen molar-refractivity contribution in [3.05, 3.63) is 68.8 Å². The Balaban J connectivity index is 1.24. The third-order valence-electron chi connectivity index (χ3n) is 9.81. The molecule has 0 aromatic heterocycles. The van der Waals surface area contributed by atoms with Crippen molar-refractivity contribution in [2.45, 2.75) is 146 Å². The maximum atomic E-state index is 13.1. The minimum atomic E-state index is -1.02. The zero-order valence-corrected chi connectivity index (χ0v) is 31.7. The van der Waals surface area contributed by atoms with Crippen molar-refractivity contribution in [2.24, 2.45) is 0 Å². The lowest BCUT2D eigenvalue weighted by Crippen LogP contribution is -2.58. The Kier molecular flexibility index (Phi) is 9.94. The predicted octanol–water partition coefficient (Wildman–Crippen LogP) is 4.41. The molecule has 0 unspecified atom stereocenters. The minimum absolute atomic E-state index is 0.255. The van der Waals surface area contributed by atoms with Crippen molar-refractivity contribution < 1.29 is 57.3 Å². The number of fused-ring (bicyclic) bond motifs is 3. The number of carbonyl (C=O) groups excluding carboxylic acids is 1. The molecule has 6 aliphatic rings. The van der Waals surface area contributed by atoms with Gasteiger partial charge in [-0.15, -0.1) is 0 Å². The molecule has 50 heavy (non-hydrogen) atoms. The molecule has 274 valence electrons. The average Bonchev–Trinajstić information content (AvgIpc) is 3.69. The first-order valence-corrected chi connectivity index (χ1v) is 18.2. The number of benzene rings is 1. The third kappa shape index (κ3) is 7.13. The molecule has 1 aromatic rings. The Morgan fingerprint density at radius 1 is 0.740 bits per heavy atom. The Labute approximate surface area is 306 Å². The maximum Gasteiger partial charge on any atom is 0.336 e. The molecule has 3 aliphatic carbocycles. The van der Waals surface area contributed by atoms with E-state index in [0.29, 0.717) is 5.57 Å². The third-order valence-corrected chi connectivity index (χ3v) is 10.8. The van der Waals surface area contributed by atoms with E-state index in [1.807, 2.05) is 77.1 Å². The van der Waals surface area contributed by atoms with Crippen LogP contribution in [-0.4, -0.2) is 109 Å². The van der Waals surface area contributed by atoms with Gasteiger partial charge in [0.1, 0.15) is 73.2 Å². The van der Waals surface area contributed by atoms with Gasteiger partial charge in [-0.05, 0) is 94.3 Å². The van der Waals surface area contributed by atoms with Gasteiger partial charge in [-0.2, -0.15) is 0 Å². The van der Waals surface area contributed by atoms with Crippen LogP contribution in [0.5, 0.6) is 0 Å². The SMILES string of the molecule is COC(=O)C1=C[C@H](OCc2ccccc2)[C@@H](O[C@H]2C=C(I)[C@H]3OC(C)(C)O[C@H]3[C@@H]2O[C@H]2C=C(C)[C@H]3OC(C)(C)O[C@H]3[C@@H]2O)[C@@H]2OC(C)(C)O[C@H]12. The monoisotopic (exact) mass is 810 g/mol. The van der Waals surface area contributed by atoms with E-state index in [1.54, 1.807) is 19.9 Å². The number of hydrogen-bond donors (Lipinski definition) is 1. The van der Waals surface area contributed by atoms with Gasteiger partial charge in [0.15, 0.2) is 17.4 Å². The van der Waals surface area contributed by atoms with Crippen LogP contribution in [0.4, 0.5) is 0 Å². The first kappa shape index (κ1) is 36.6. The van der Waals surface area contributed by atoms with Crippen LogP contribution in [0, 0.1) is 0 Å². The zero-order valence-electron chi connectivity index (χ0n) is 29.6. The van der Waals surface area contributed by atoms with Gasteiger partial charge in [-0.3, -0.25) is 0 Å². The summed E-state index contributed by atoms with van der Waals surface area (Å²) in [4.78, 5) is 13.1. The molecular weight excluding hydrogens is 763 g/mol. The first-order chi connectivity index (χ1) is 23.5. The Morgan fingerprint density at radius 2 is 1.30 bits per heavy atom. The topological polar surface area (TPSA) is 130 Å². The number of ether oxygens (including phenoxy) is 10. The summed E-state index contributed by atoms with van der Waals surface area (Å²) in [7, 11) is 1.33. The van der Waals surface area contributed by atoms with Gasteiger partial charge in [-0.25, -0.2) is 4.79 Å². The van der Waals surface area contributed by atoms with Crippen LogP contribution in [-0.2, 0) is 58.8 Å². The summed E-state index contributed by atoms with van der Waals surface area (Å²) in [6, 6.07) is 9.76. The molecular formula is C37H47IO12. The molecule has 0 spiro atoms. The van der Waals surface area contributed by atoms with Gasteiger partial charge in [0.2, 0.25) is 0 Å². The van der Waals surface area contributed by atoms with Gasteiger partial charge in [0.25, 0.3) is 0 Å².